The number of nitrogens with zero attached hydrogens (tertiary/aromatic N) is 6. The molecule has 0 aromatic carbocycles. The predicted molar refractivity (Wildman–Crippen MR) is 203 cm³/mol. The number of hydrogen-bond donors (Lipinski definition) is 0. The lowest BCUT2D eigenvalue weighted by Crippen LogP contribution is -3.13. The third-order valence-electron chi connectivity index (χ3n) is 9.80. The van der Waals surface area contributed by atoms with Gasteiger partial charge in [0.05, 0.1) is 0 Å². The Morgan fingerprint density at radius 1 is 0.267 bits per heavy atom. The third kappa shape index (κ3) is 5.14. The molecule has 0 atom stereocenters. The molecule has 0 aliphatic carbocycles. The van der Waals surface area contributed by atoms with Gasteiger partial charge in [-0.15, -0.1) is 0 Å². The zero-order chi connectivity index (χ0) is 35.6. The molecular weight excluding hydrogens is 661 g/mol. The lowest BCUT2D eigenvalue weighted by atomic mass is 10.1. The molecule has 4 aliphatic rings. The summed E-state index contributed by atoms with van der Waals surface area (Å²) in [5.74, 6) is 0. The summed E-state index contributed by atoms with van der Waals surface area (Å²) >= 11 is 0. The van der Waals surface area contributed by atoms with Crippen LogP contribution in [0.1, 0.15) is 125 Å². The van der Waals surface area contributed by atoms with Crippen LogP contribution in [0.2, 0.25) is 39.3 Å². The molecule has 0 amide bonds. The van der Waals surface area contributed by atoms with E-state index in [1.807, 2.05) is 0 Å². The average Bonchev–Trinajstić information content (AvgIpc) is 2.55. The van der Waals surface area contributed by atoms with Crippen LogP contribution in [0, 0.1) is 0 Å². The summed E-state index contributed by atoms with van der Waals surface area (Å²) < 4.78 is 41.4. The van der Waals surface area contributed by atoms with Gasteiger partial charge in [0.15, 0.2) is 25.2 Å². The van der Waals surface area contributed by atoms with Gasteiger partial charge in [0.2, 0.25) is 0 Å². The van der Waals surface area contributed by atoms with Gasteiger partial charge in [-0.3, -0.25) is 25.4 Å². The Morgan fingerprint density at radius 2 is 0.378 bits per heavy atom. The fraction of sp³-hybridized carbons (Fsp3) is 1.00. The SMILES string of the molecule is CC(C)(C)N1[Si](C)(C)N(C(C)(C)C)[Si]12O[Si]1(O[Si]3(O2)N(C(C)(C)C)[Si](C)(C)N3C(C)(C)C)N(C(C)(C)C)[Si](C)(C)N1C(C)(C)C. The molecule has 45 heavy (non-hydrogen) atoms. The van der Waals surface area contributed by atoms with Crippen LogP contribution in [0.25, 0.3) is 0 Å². The maximum Gasteiger partial charge on any atom is 0.497 e. The first-order valence-electron chi connectivity index (χ1n) is 17.2. The molecule has 0 unspecified atom stereocenters. The molecule has 4 aliphatic heterocycles. The van der Waals surface area contributed by atoms with Crippen molar-refractivity contribution in [3.63, 3.8) is 0 Å². The van der Waals surface area contributed by atoms with Crippen molar-refractivity contribution in [3.05, 3.63) is 0 Å². The van der Waals surface area contributed by atoms with Crippen LogP contribution in [0.15, 0.2) is 0 Å². The van der Waals surface area contributed by atoms with Crippen molar-refractivity contribution < 1.29 is 12.3 Å². The molecule has 0 aromatic heterocycles. The first kappa shape index (κ1) is 38.7. The molecule has 3 spiro atoms. The highest BCUT2D eigenvalue weighted by Crippen LogP contribution is 2.63. The highest BCUT2D eigenvalue weighted by atomic mass is 28.6. The van der Waals surface area contributed by atoms with Gasteiger partial charge in [0, 0.05) is 33.2 Å². The molecule has 4 heterocycles. The second-order valence-corrected chi connectivity index (χ2v) is 44.2. The molecule has 0 saturated carbocycles. The normalized spacial score (nSPS) is 29.6. The second kappa shape index (κ2) is 9.83. The molecular formula is C30H72N6O3Si6. The van der Waals surface area contributed by atoms with Crippen LogP contribution in [-0.4, -0.2) is 110 Å². The minimum absolute atomic E-state index is 0.127. The van der Waals surface area contributed by atoms with E-state index in [0.29, 0.717) is 0 Å². The van der Waals surface area contributed by atoms with Gasteiger partial charge in [0.1, 0.15) is 0 Å². The third-order valence-corrected chi connectivity index (χ3v) is 49.1. The van der Waals surface area contributed by atoms with Gasteiger partial charge in [0.25, 0.3) is 0 Å². The summed E-state index contributed by atoms with van der Waals surface area (Å²) in [7, 11) is -16.4. The molecule has 264 valence electrons. The maximum absolute atomic E-state index is 8.19. The lowest BCUT2D eigenvalue weighted by Gasteiger charge is -2.84. The largest absolute Gasteiger partial charge is 0.497 e. The monoisotopic (exact) mass is 732 g/mol. The van der Waals surface area contributed by atoms with Gasteiger partial charge in [-0.05, 0) is 164 Å². The molecule has 0 N–H and O–H groups in total. The van der Waals surface area contributed by atoms with E-state index >= 15 is 0 Å². The van der Waals surface area contributed by atoms with E-state index in [-0.39, 0.29) is 33.2 Å². The molecule has 4 rings (SSSR count). The van der Waals surface area contributed by atoms with Crippen molar-refractivity contribution in [2.75, 3.05) is 0 Å². The summed E-state index contributed by atoms with van der Waals surface area (Å²) in [6.45, 7) is 57.9. The van der Waals surface area contributed by atoms with Crippen molar-refractivity contribution in [2.45, 2.75) is 197 Å². The smallest absolute Gasteiger partial charge is 0.367 e. The van der Waals surface area contributed by atoms with Crippen LogP contribution >= 0.6 is 0 Å². The van der Waals surface area contributed by atoms with Crippen molar-refractivity contribution in [3.8, 4) is 0 Å². The summed E-state index contributed by atoms with van der Waals surface area (Å²) in [6, 6.07) is 0. The van der Waals surface area contributed by atoms with Gasteiger partial charge in [-0.2, -0.15) is 0 Å². The van der Waals surface area contributed by atoms with Crippen LogP contribution < -0.4 is 0 Å². The van der Waals surface area contributed by atoms with E-state index < -0.39 is 51.8 Å². The van der Waals surface area contributed by atoms with Crippen molar-refractivity contribution >= 4 is 51.8 Å². The standard InChI is InChI=1S/C30H72N6O3Si6/c1-25(2,3)31-40(19,20)32(26(4,5)6)43(31)37-44(33(27(7,8)9)41(21,22)34(44)28(10,11)12)39-45(38-43)35(29(13,14)15)42(23,24)36(45)30(16,17)18/h1-24H3. The van der Waals surface area contributed by atoms with Crippen LogP contribution in [0.5, 0.6) is 0 Å². The Bertz CT molecular complexity index is 974. The number of hydrogen-bond acceptors (Lipinski definition) is 9. The van der Waals surface area contributed by atoms with Gasteiger partial charge in [-0.25, -0.2) is 0 Å². The Labute approximate surface area is 285 Å². The molecule has 4 saturated heterocycles. The van der Waals surface area contributed by atoms with E-state index in [1.165, 1.54) is 0 Å². The minimum Gasteiger partial charge on any atom is -0.367 e. The van der Waals surface area contributed by atoms with E-state index in [2.05, 4.69) is 189 Å². The molecule has 9 nitrogen and oxygen atoms in total. The lowest BCUT2D eigenvalue weighted by molar-refractivity contribution is -0.0467. The van der Waals surface area contributed by atoms with Crippen molar-refractivity contribution in [1.29, 1.82) is 0 Å². The Kier molecular flexibility index (Phi) is 8.46. The Hall–Kier alpha value is 0.941. The van der Waals surface area contributed by atoms with E-state index in [4.69, 9.17) is 12.3 Å². The van der Waals surface area contributed by atoms with E-state index in [0.717, 1.165) is 0 Å². The first-order valence-corrected chi connectivity index (χ1v) is 31.1. The van der Waals surface area contributed by atoms with Crippen LogP contribution in [0.3, 0.4) is 0 Å². The summed E-state index contributed by atoms with van der Waals surface area (Å²) in [5.41, 5.74) is -0.763. The quantitative estimate of drug-likeness (QED) is 0.243. The fourth-order valence-corrected chi connectivity index (χ4v) is 60.6. The molecule has 4 fully saturated rings. The summed E-state index contributed by atoms with van der Waals surface area (Å²) in [4.78, 5) is 0. The Balaban J connectivity index is 2.21. The van der Waals surface area contributed by atoms with Crippen molar-refractivity contribution in [1.82, 2.24) is 25.4 Å². The molecule has 0 bridgehead atoms. The maximum atomic E-state index is 8.19. The highest BCUT2D eigenvalue weighted by molar-refractivity contribution is 7.14. The topological polar surface area (TPSA) is 47.1 Å². The fourth-order valence-electron chi connectivity index (χ4n) is 11.1. The summed E-state index contributed by atoms with van der Waals surface area (Å²) in [5, 5.41) is 0. The molecule has 0 radical (unpaired) electrons. The molecule has 0 aromatic rings. The first-order chi connectivity index (χ1) is 19.3. The van der Waals surface area contributed by atoms with Gasteiger partial charge < -0.3 is 12.3 Å². The average molecular weight is 733 g/mol. The van der Waals surface area contributed by atoms with Crippen molar-refractivity contribution in [2.24, 2.45) is 0 Å². The highest BCUT2D eigenvalue weighted by Gasteiger charge is 2.94. The second-order valence-electron chi connectivity index (χ2n) is 21.5. The van der Waals surface area contributed by atoms with Gasteiger partial charge in [-0.1, -0.05) is 0 Å². The molecule has 15 heteroatoms. The predicted octanol–water partition coefficient (Wildman–Crippen LogP) is 7.11. The van der Waals surface area contributed by atoms with Crippen LogP contribution in [0.4, 0.5) is 0 Å². The van der Waals surface area contributed by atoms with E-state index in [9.17, 15) is 0 Å². The Morgan fingerprint density at radius 3 is 0.467 bits per heavy atom. The number of rotatable bonds is 0. The van der Waals surface area contributed by atoms with E-state index in [1.54, 1.807) is 0 Å². The van der Waals surface area contributed by atoms with Gasteiger partial charge >= 0.3 is 26.7 Å². The zero-order valence-electron chi connectivity index (χ0n) is 33.9. The van der Waals surface area contributed by atoms with Crippen LogP contribution in [-0.2, 0) is 12.3 Å². The summed E-state index contributed by atoms with van der Waals surface area (Å²) in [6.07, 6.45) is 0. The zero-order valence-corrected chi connectivity index (χ0v) is 39.9. The minimum atomic E-state index is -3.31.